The van der Waals surface area contributed by atoms with Crippen molar-refractivity contribution in [1.82, 2.24) is 19.9 Å². The van der Waals surface area contributed by atoms with Crippen molar-refractivity contribution in [2.24, 2.45) is 0 Å². The Morgan fingerprint density at radius 3 is 1.34 bits per heavy atom. The molecule has 2 saturated heterocycles. The van der Waals surface area contributed by atoms with Gasteiger partial charge < -0.3 is 29.1 Å². The predicted molar refractivity (Wildman–Crippen MR) is 274 cm³/mol. The number of ether oxygens (including phenoxy) is 3. The normalized spacial score (nSPS) is 15.1. The van der Waals surface area contributed by atoms with E-state index in [1.165, 1.54) is 74.9 Å². The summed E-state index contributed by atoms with van der Waals surface area (Å²) in [5.41, 5.74) is -7.28. The van der Waals surface area contributed by atoms with Crippen molar-refractivity contribution in [3.63, 3.8) is 0 Å². The van der Waals surface area contributed by atoms with Crippen molar-refractivity contribution < 1.29 is 73.6 Å². The number of carboxylic acid groups (broad SMARTS) is 1. The maximum absolute atomic E-state index is 15.5. The number of methoxy groups -OCH3 is 1. The van der Waals surface area contributed by atoms with Gasteiger partial charge in [-0.1, -0.05) is 13.8 Å². The SMILES string of the molecule is CCc1nc(OCC(=O)O)c2cc(N3C(=S)N(c4ccc(C#N)c(C(F)(F)F)c4)C(=O)C3(C)C)cc(F)c2n1.CCc1nc(OCC(=O)OC)c2cc(N3C(=S)N(c4ccc(C#N)c(C(F)(F)F)c4)C(=O)C3(C)C)cc(F)c2n1. The lowest BCUT2D eigenvalue weighted by molar-refractivity contribution is -0.143. The van der Waals surface area contributed by atoms with Crippen LogP contribution in [0.1, 0.15) is 75.4 Å². The number of carbonyl (C=O) groups is 4. The zero-order valence-electron chi connectivity index (χ0n) is 42.2. The molecule has 0 aliphatic carbocycles. The number of amides is 2. The van der Waals surface area contributed by atoms with Crippen molar-refractivity contribution in [2.75, 3.05) is 39.9 Å². The molecule has 2 aromatic heterocycles. The van der Waals surface area contributed by atoms with Crippen molar-refractivity contribution in [3.8, 4) is 23.9 Å². The average molecular weight is 1140 g/mol. The van der Waals surface area contributed by atoms with Gasteiger partial charge in [0, 0.05) is 24.2 Å². The van der Waals surface area contributed by atoms with Gasteiger partial charge in [-0.2, -0.15) is 46.8 Å². The lowest BCUT2D eigenvalue weighted by Gasteiger charge is -2.29. The molecule has 0 bridgehead atoms. The van der Waals surface area contributed by atoms with Gasteiger partial charge in [0.15, 0.2) is 35.1 Å². The van der Waals surface area contributed by atoms with E-state index in [-0.39, 0.29) is 78.2 Å². The zero-order chi connectivity index (χ0) is 58.4. The topological polar surface area (TPSA) is 228 Å². The Kier molecular flexibility index (Phi) is 15.8. The number of anilines is 4. The van der Waals surface area contributed by atoms with Crippen LogP contribution in [0.3, 0.4) is 0 Å². The number of alkyl halides is 6. The van der Waals surface area contributed by atoms with Crippen LogP contribution in [-0.2, 0) is 49.1 Å². The summed E-state index contributed by atoms with van der Waals surface area (Å²) in [5.74, 6) is -4.90. The van der Waals surface area contributed by atoms with Crippen molar-refractivity contribution in [2.45, 2.75) is 77.8 Å². The minimum atomic E-state index is -4.87. The zero-order valence-corrected chi connectivity index (χ0v) is 43.9. The fourth-order valence-corrected chi connectivity index (χ4v) is 9.46. The molecule has 0 spiro atoms. The van der Waals surface area contributed by atoms with Crippen molar-refractivity contribution in [3.05, 3.63) is 106 Å². The lowest BCUT2D eigenvalue weighted by atomic mass is 10.0. The highest BCUT2D eigenvalue weighted by Crippen LogP contribution is 2.44. The van der Waals surface area contributed by atoms with Crippen LogP contribution in [0.25, 0.3) is 21.8 Å². The molecular weight excluding hydrogens is 1100 g/mol. The number of hydrogen-bond acceptors (Lipinski definition) is 15. The molecule has 0 unspecified atom stereocenters. The van der Waals surface area contributed by atoms with Crippen LogP contribution < -0.4 is 29.1 Å². The molecule has 2 fully saturated rings. The molecule has 0 saturated carbocycles. The first-order valence-corrected chi connectivity index (χ1v) is 23.9. The summed E-state index contributed by atoms with van der Waals surface area (Å²) in [5, 5.41) is 26.8. The molecule has 0 radical (unpaired) electrons. The van der Waals surface area contributed by atoms with Gasteiger partial charge in [-0.25, -0.2) is 28.3 Å². The molecule has 28 heteroatoms. The number of esters is 1. The van der Waals surface area contributed by atoms with E-state index in [0.29, 0.717) is 25.0 Å². The molecule has 79 heavy (non-hydrogen) atoms. The molecule has 18 nitrogen and oxygen atoms in total. The van der Waals surface area contributed by atoms with Crippen LogP contribution in [-0.4, -0.2) is 90.4 Å². The third kappa shape index (κ3) is 10.9. The molecular formula is C51H40F8N10O8S2. The number of carboxylic acids is 1. The maximum atomic E-state index is 15.5. The number of aliphatic carboxylic acids is 1. The van der Waals surface area contributed by atoms with Crippen molar-refractivity contribution in [1.29, 1.82) is 10.5 Å². The van der Waals surface area contributed by atoms with Crippen LogP contribution in [0.4, 0.5) is 57.9 Å². The van der Waals surface area contributed by atoms with E-state index in [4.69, 9.17) is 49.5 Å². The molecule has 4 aromatic carbocycles. The quantitative estimate of drug-likeness (QED) is 0.0684. The Morgan fingerprint density at radius 1 is 0.633 bits per heavy atom. The Balaban J connectivity index is 0.000000229. The van der Waals surface area contributed by atoms with Gasteiger partial charge in [0.2, 0.25) is 11.8 Å². The smallest absolute Gasteiger partial charge is 0.417 e. The van der Waals surface area contributed by atoms with E-state index >= 15 is 8.78 Å². The monoisotopic (exact) mass is 1140 g/mol. The van der Waals surface area contributed by atoms with Crippen molar-refractivity contribution >= 4 is 103 Å². The van der Waals surface area contributed by atoms with Crippen LogP contribution in [0, 0.1) is 34.3 Å². The second-order valence-electron chi connectivity index (χ2n) is 18.1. The Hall–Kier alpha value is -8.76. The Morgan fingerprint density at radius 2 is 1.01 bits per heavy atom. The molecule has 1 N–H and O–H groups in total. The number of nitriles is 2. The van der Waals surface area contributed by atoms with Gasteiger partial charge in [-0.05, 0) is 113 Å². The van der Waals surface area contributed by atoms with E-state index in [2.05, 4.69) is 24.7 Å². The number of aromatic nitrogens is 4. The summed E-state index contributed by atoms with van der Waals surface area (Å²) in [7, 11) is 1.17. The second kappa shape index (κ2) is 21.6. The first-order chi connectivity index (χ1) is 36.9. The number of halogens is 8. The van der Waals surface area contributed by atoms with Crippen LogP contribution in [0.5, 0.6) is 11.8 Å². The fourth-order valence-electron chi connectivity index (χ4n) is 8.42. The molecule has 2 aliphatic rings. The molecule has 0 atom stereocenters. The third-order valence-corrected chi connectivity index (χ3v) is 13.0. The van der Waals surface area contributed by atoms with E-state index in [9.17, 15) is 45.5 Å². The minimum Gasteiger partial charge on any atom is -0.479 e. The van der Waals surface area contributed by atoms with Gasteiger partial charge in [0.25, 0.3) is 11.8 Å². The minimum absolute atomic E-state index is 0.00526. The van der Waals surface area contributed by atoms with E-state index in [0.717, 1.165) is 40.1 Å². The highest BCUT2D eigenvalue weighted by atomic mass is 32.1. The standard InChI is InChI=1S/C26H21F4N5O4S.C25H19F4N5O4S/c1-5-19-32-21-16(22(33-19)39-12-20(36)38-4)8-15(10-18(21)27)35-24(40)34(23(37)25(35,2)3)14-7-6-13(11-31)17(9-14)26(28,29)30;1-4-18-31-20-15(21(32-18)38-11-19(35)36)7-14(9-17(20)26)34-23(39)33(22(37)24(34,2)3)13-6-5-12(10-30)16(8-13)25(27,28)29/h6-10H,5,12H2,1-4H3;5-9H,4,11H2,1-3H3,(H,35,36). The molecule has 2 amide bonds. The van der Waals surface area contributed by atoms with Gasteiger partial charge in [0.05, 0.1) is 63.6 Å². The molecule has 8 rings (SSSR count). The number of hydrogen-bond donors (Lipinski definition) is 1. The number of benzene rings is 4. The maximum Gasteiger partial charge on any atom is 0.417 e. The number of rotatable bonds is 12. The molecule has 4 heterocycles. The van der Waals surface area contributed by atoms with Crippen LogP contribution in [0.2, 0.25) is 0 Å². The van der Waals surface area contributed by atoms with Crippen LogP contribution >= 0.6 is 24.4 Å². The highest BCUT2D eigenvalue weighted by Gasteiger charge is 2.52. The first kappa shape index (κ1) is 57.9. The van der Waals surface area contributed by atoms with Crippen LogP contribution in [0.15, 0.2) is 60.7 Å². The first-order valence-electron chi connectivity index (χ1n) is 23.1. The van der Waals surface area contributed by atoms with E-state index < -0.39 is 94.3 Å². The summed E-state index contributed by atoms with van der Waals surface area (Å²) < 4.78 is 128. The highest BCUT2D eigenvalue weighted by molar-refractivity contribution is 7.81. The van der Waals surface area contributed by atoms with Gasteiger partial charge in [0.1, 0.15) is 33.8 Å². The van der Waals surface area contributed by atoms with Gasteiger partial charge in [-0.3, -0.25) is 19.4 Å². The lowest BCUT2D eigenvalue weighted by Crippen LogP contribution is -2.44. The Bertz CT molecular complexity index is 3660. The third-order valence-electron chi connectivity index (χ3n) is 12.2. The summed E-state index contributed by atoms with van der Waals surface area (Å²) >= 11 is 11.0. The van der Waals surface area contributed by atoms with Gasteiger partial charge >= 0.3 is 24.3 Å². The number of nitrogens with zero attached hydrogens (tertiary/aromatic N) is 10. The second-order valence-corrected chi connectivity index (χ2v) is 18.8. The molecule has 6 aromatic rings. The largest absolute Gasteiger partial charge is 0.479 e. The Labute approximate surface area is 453 Å². The number of fused-ring (bicyclic) bond motifs is 2. The van der Waals surface area contributed by atoms with E-state index in [1.807, 2.05) is 0 Å². The number of aryl methyl sites for hydroxylation is 2. The van der Waals surface area contributed by atoms with E-state index in [1.54, 1.807) is 13.8 Å². The number of carbonyl (C=O) groups excluding carboxylic acids is 3. The summed E-state index contributed by atoms with van der Waals surface area (Å²) in [6, 6.07) is 13.4. The van der Waals surface area contributed by atoms with Gasteiger partial charge in [-0.15, -0.1) is 0 Å². The fraction of sp³-hybridized carbons (Fsp3) is 0.294. The summed E-state index contributed by atoms with van der Waals surface area (Å²) in [6.07, 6.45) is -9.09. The average Bonchev–Trinajstić information content (AvgIpc) is 3.74. The number of thiocarbonyl (C=S) groups is 2. The molecule has 410 valence electrons. The predicted octanol–water partition coefficient (Wildman–Crippen LogP) is 9.29. The summed E-state index contributed by atoms with van der Waals surface area (Å²) in [6.45, 7) is 8.04. The summed E-state index contributed by atoms with van der Waals surface area (Å²) in [4.78, 5) is 70.8. The molecule has 2 aliphatic heterocycles.